The molecule has 1 aromatic heterocycles. The molecule has 0 fully saturated rings. The lowest BCUT2D eigenvalue weighted by atomic mass is 9.88. The molecule has 4 aromatic rings. The van der Waals surface area contributed by atoms with Crippen LogP contribution in [0.15, 0.2) is 78.9 Å². The van der Waals surface area contributed by atoms with Crippen molar-refractivity contribution in [2.75, 3.05) is 24.7 Å². The van der Waals surface area contributed by atoms with Gasteiger partial charge in [-0.25, -0.2) is 4.98 Å². The van der Waals surface area contributed by atoms with Gasteiger partial charge in [-0.15, -0.1) is 0 Å². The molecule has 1 amide bonds. The molecule has 2 atom stereocenters. The number of carbonyl (C=O) groups excluding carboxylic acids is 2. The van der Waals surface area contributed by atoms with E-state index in [9.17, 15) is 9.59 Å². The Morgan fingerprint density at radius 3 is 2.42 bits per heavy atom. The van der Waals surface area contributed by atoms with E-state index in [4.69, 9.17) is 14.5 Å². The van der Waals surface area contributed by atoms with Crippen molar-refractivity contribution in [3.63, 3.8) is 0 Å². The maximum Gasteiger partial charge on any atom is 0.321 e. The van der Waals surface area contributed by atoms with Crippen LogP contribution in [-0.4, -0.2) is 41.2 Å². The first-order chi connectivity index (χ1) is 17.6. The summed E-state index contributed by atoms with van der Waals surface area (Å²) in [6, 6.07) is 24.6. The zero-order chi connectivity index (χ0) is 25.1. The van der Waals surface area contributed by atoms with Crippen LogP contribution in [0.1, 0.15) is 31.0 Å². The number of imidazole rings is 1. The second-order valence-electron chi connectivity index (χ2n) is 8.64. The predicted octanol–water partition coefficient (Wildman–Crippen LogP) is 4.79. The van der Waals surface area contributed by atoms with Crippen LogP contribution in [0.2, 0.25) is 0 Å². The van der Waals surface area contributed by atoms with Crippen molar-refractivity contribution < 1.29 is 19.1 Å². The average molecular weight is 484 g/mol. The Bertz CT molecular complexity index is 1380. The third-order valence-corrected chi connectivity index (χ3v) is 6.49. The van der Waals surface area contributed by atoms with Crippen LogP contribution in [0.25, 0.3) is 11.0 Å². The monoisotopic (exact) mass is 483 g/mol. The normalized spacial score (nSPS) is 17.2. The summed E-state index contributed by atoms with van der Waals surface area (Å²) in [4.78, 5) is 34.0. The summed E-state index contributed by atoms with van der Waals surface area (Å²) < 4.78 is 13.4. The second kappa shape index (κ2) is 10.2. The highest BCUT2D eigenvalue weighted by Crippen LogP contribution is 2.43. The molecule has 1 aliphatic heterocycles. The van der Waals surface area contributed by atoms with E-state index in [0.717, 1.165) is 22.2 Å². The number of anilines is 1. The third-order valence-electron chi connectivity index (χ3n) is 6.49. The minimum absolute atomic E-state index is 0.185. The van der Waals surface area contributed by atoms with Gasteiger partial charge in [0, 0.05) is 12.1 Å². The Balaban J connectivity index is 1.70. The summed E-state index contributed by atoms with van der Waals surface area (Å²) in [6.45, 7) is 4.70. The van der Waals surface area contributed by atoms with Gasteiger partial charge < -0.3 is 14.0 Å². The Kier molecular flexibility index (Phi) is 6.71. The predicted molar refractivity (Wildman–Crippen MR) is 138 cm³/mol. The SMILES string of the molecule is CCOC(=O)[C@H]1C(=O)N(CCc2ccccc2)c2nc3ccccc3n2[C@H]1c1ccccc1OCC. The van der Waals surface area contributed by atoms with Crippen molar-refractivity contribution in [3.05, 3.63) is 90.0 Å². The summed E-state index contributed by atoms with van der Waals surface area (Å²) in [5, 5.41) is 0. The van der Waals surface area contributed by atoms with Crippen LogP contribution in [-0.2, 0) is 20.7 Å². The molecular weight excluding hydrogens is 454 g/mol. The summed E-state index contributed by atoms with van der Waals surface area (Å²) in [7, 11) is 0. The fourth-order valence-electron chi connectivity index (χ4n) is 4.93. The number of hydrogen-bond acceptors (Lipinski definition) is 5. The molecule has 5 rings (SSSR count). The van der Waals surface area contributed by atoms with Crippen molar-refractivity contribution in [2.45, 2.75) is 26.3 Å². The summed E-state index contributed by atoms with van der Waals surface area (Å²) in [6.07, 6.45) is 0.630. The quantitative estimate of drug-likeness (QED) is 0.266. The third kappa shape index (κ3) is 4.21. The molecule has 7 nitrogen and oxygen atoms in total. The molecule has 0 unspecified atom stereocenters. The fourth-order valence-corrected chi connectivity index (χ4v) is 4.93. The molecule has 0 saturated carbocycles. The number of aromatic nitrogens is 2. The molecule has 0 spiro atoms. The number of nitrogens with zero attached hydrogens (tertiary/aromatic N) is 3. The van der Waals surface area contributed by atoms with E-state index in [1.165, 1.54) is 0 Å². The molecule has 184 valence electrons. The van der Waals surface area contributed by atoms with Crippen LogP contribution in [0.3, 0.4) is 0 Å². The lowest BCUT2D eigenvalue weighted by Gasteiger charge is -2.38. The van der Waals surface area contributed by atoms with Gasteiger partial charge in [0.25, 0.3) is 0 Å². The van der Waals surface area contributed by atoms with Gasteiger partial charge in [-0.1, -0.05) is 60.7 Å². The first kappa shape index (κ1) is 23.6. The number of fused-ring (bicyclic) bond motifs is 3. The van der Waals surface area contributed by atoms with Crippen LogP contribution >= 0.6 is 0 Å². The maximum atomic E-state index is 14.1. The van der Waals surface area contributed by atoms with E-state index in [1.54, 1.807) is 11.8 Å². The highest BCUT2D eigenvalue weighted by molar-refractivity contribution is 6.08. The molecule has 0 radical (unpaired) electrons. The van der Waals surface area contributed by atoms with Gasteiger partial charge in [0.1, 0.15) is 5.75 Å². The van der Waals surface area contributed by atoms with Crippen molar-refractivity contribution in [2.24, 2.45) is 5.92 Å². The van der Waals surface area contributed by atoms with Crippen LogP contribution < -0.4 is 9.64 Å². The lowest BCUT2D eigenvalue weighted by molar-refractivity contribution is -0.153. The van der Waals surface area contributed by atoms with Crippen molar-refractivity contribution >= 4 is 28.9 Å². The topological polar surface area (TPSA) is 73.7 Å². The number of para-hydroxylation sites is 3. The fraction of sp³-hybridized carbons (Fsp3) is 0.276. The number of esters is 1. The minimum atomic E-state index is -1.08. The van der Waals surface area contributed by atoms with E-state index in [2.05, 4.69) is 0 Å². The number of hydrogen-bond donors (Lipinski definition) is 0. The van der Waals surface area contributed by atoms with E-state index in [1.807, 2.05) is 90.4 Å². The van der Waals surface area contributed by atoms with Crippen molar-refractivity contribution in [1.29, 1.82) is 0 Å². The summed E-state index contributed by atoms with van der Waals surface area (Å²) >= 11 is 0. The van der Waals surface area contributed by atoms with Gasteiger partial charge in [-0.3, -0.25) is 14.5 Å². The number of ether oxygens (including phenoxy) is 2. The van der Waals surface area contributed by atoms with Crippen LogP contribution in [0, 0.1) is 5.92 Å². The first-order valence-electron chi connectivity index (χ1n) is 12.3. The first-order valence-corrected chi connectivity index (χ1v) is 12.3. The average Bonchev–Trinajstić information content (AvgIpc) is 3.28. The van der Waals surface area contributed by atoms with Gasteiger partial charge in [0.05, 0.1) is 30.3 Å². The van der Waals surface area contributed by atoms with E-state index in [0.29, 0.717) is 31.3 Å². The Morgan fingerprint density at radius 1 is 0.917 bits per heavy atom. The summed E-state index contributed by atoms with van der Waals surface area (Å²) in [5.74, 6) is -0.787. The maximum absolute atomic E-state index is 14.1. The molecule has 7 heteroatoms. The van der Waals surface area contributed by atoms with Crippen LogP contribution in [0.4, 0.5) is 5.95 Å². The highest BCUT2D eigenvalue weighted by Gasteiger charge is 2.48. The molecule has 2 heterocycles. The standard InChI is InChI=1S/C29H29N3O4/c1-3-35-24-17-11-8-14-21(24)26-25(28(34)36-4-2)27(33)31(19-18-20-12-6-5-7-13-20)29-30-22-15-9-10-16-23(22)32(26)29/h5-17,25-26H,3-4,18-19H2,1-2H3/t25-,26+/m1/s1. The Labute approximate surface area is 210 Å². The molecular formula is C29H29N3O4. The Hall–Kier alpha value is -4.13. The number of amides is 1. The van der Waals surface area contributed by atoms with Crippen molar-refractivity contribution in [1.82, 2.24) is 9.55 Å². The van der Waals surface area contributed by atoms with E-state index in [-0.39, 0.29) is 12.5 Å². The molecule has 1 aliphatic rings. The van der Waals surface area contributed by atoms with Gasteiger partial charge in [0.2, 0.25) is 11.9 Å². The minimum Gasteiger partial charge on any atom is -0.494 e. The van der Waals surface area contributed by atoms with Gasteiger partial charge >= 0.3 is 5.97 Å². The van der Waals surface area contributed by atoms with E-state index >= 15 is 0 Å². The largest absolute Gasteiger partial charge is 0.494 e. The number of carbonyl (C=O) groups is 2. The zero-order valence-corrected chi connectivity index (χ0v) is 20.5. The smallest absolute Gasteiger partial charge is 0.321 e. The summed E-state index contributed by atoms with van der Waals surface area (Å²) in [5.41, 5.74) is 3.45. The van der Waals surface area contributed by atoms with Gasteiger partial charge in [-0.2, -0.15) is 0 Å². The number of rotatable bonds is 8. The molecule has 0 saturated heterocycles. The molecule has 3 aromatic carbocycles. The van der Waals surface area contributed by atoms with Gasteiger partial charge in [-0.05, 0) is 44.0 Å². The number of benzene rings is 3. The molecule has 0 aliphatic carbocycles. The van der Waals surface area contributed by atoms with Gasteiger partial charge in [0.15, 0.2) is 5.92 Å². The van der Waals surface area contributed by atoms with E-state index < -0.39 is 17.9 Å². The Morgan fingerprint density at radius 2 is 1.64 bits per heavy atom. The molecule has 0 N–H and O–H groups in total. The van der Waals surface area contributed by atoms with Crippen molar-refractivity contribution in [3.8, 4) is 5.75 Å². The highest BCUT2D eigenvalue weighted by atomic mass is 16.5. The van der Waals surface area contributed by atoms with Crippen LogP contribution in [0.5, 0.6) is 5.75 Å². The lowest BCUT2D eigenvalue weighted by Crippen LogP contribution is -2.50. The molecule has 36 heavy (non-hydrogen) atoms. The zero-order valence-electron chi connectivity index (χ0n) is 20.5. The second-order valence-corrected chi connectivity index (χ2v) is 8.64. The molecule has 0 bridgehead atoms.